The largest absolute Gasteiger partial charge is 0.439 e. The zero-order chi connectivity index (χ0) is 18.0. The highest BCUT2D eigenvalue weighted by atomic mass is 32.2. The van der Waals surface area contributed by atoms with E-state index < -0.39 is 10.0 Å². The van der Waals surface area contributed by atoms with Crippen LogP contribution < -0.4 is 4.74 Å². The first kappa shape index (κ1) is 16.6. The number of fused-ring (bicyclic) bond motifs is 1. The van der Waals surface area contributed by atoms with Gasteiger partial charge < -0.3 is 4.74 Å². The molecular formula is C18H15N4O3S. The third-order valence-electron chi connectivity index (χ3n) is 4.08. The van der Waals surface area contributed by atoms with Crippen molar-refractivity contribution < 1.29 is 13.2 Å². The highest BCUT2D eigenvalue weighted by Crippen LogP contribution is 2.26. The minimum absolute atomic E-state index is 0.215. The zero-order valence-electron chi connectivity index (χ0n) is 13.7. The first-order valence-electron chi connectivity index (χ1n) is 8.02. The lowest BCUT2D eigenvalue weighted by Crippen LogP contribution is -2.36. The fourth-order valence-corrected chi connectivity index (χ4v) is 4.13. The van der Waals surface area contributed by atoms with E-state index in [1.165, 1.54) is 22.8 Å². The monoisotopic (exact) mass is 367 g/mol. The minimum Gasteiger partial charge on any atom is -0.439 e. The van der Waals surface area contributed by atoms with Crippen molar-refractivity contribution in [1.29, 1.82) is 0 Å². The number of ether oxygens (including phenoxy) is 1. The Bertz CT molecular complexity index is 1010. The first-order valence-corrected chi connectivity index (χ1v) is 9.46. The van der Waals surface area contributed by atoms with Gasteiger partial charge in [-0.3, -0.25) is 0 Å². The highest BCUT2D eigenvalue weighted by molar-refractivity contribution is 7.89. The molecule has 131 valence electrons. The number of nitrogens with zero attached hydrogens (tertiary/aromatic N) is 4. The second-order valence-corrected chi connectivity index (χ2v) is 7.68. The molecule has 0 N–H and O–H groups in total. The summed E-state index contributed by atoms with van der Waals surface area (Å²) in [6.45, 7) is 0.605. The molecule has 0 aliphatic carbocycles. The quantitative estimate of drug-likeness (QED) is 0.703. The predicted molar refractivity (Wildman–Crippen MR) is 92.9 cm³/mol. The fraction of sp³-hybridized carbons (Fsp3) is 0.167. The molecular weight excluding hydrogens is 352 g/mol. The van der Waals surface area contributed by atoms with Crippen LogP contribution in [0.15, 0.2) is 59.9 Å². The molecule has 0 fully saturated rings. The van der Waals surface area contributed by atoms with Crippen LogP contribution in [-0.4, -0.2) is 34.2 Å². The summed E-state index contributed by atoms with van der Waals surface area (Å²) < 4.78 is 32.8. The molecule has 3 heterocycles. The highest BCUT2D eigenvalue weighted by Gasteiger charge is 2.29. The van der Waals surface area contributed by atoms with E-state index in [1.807, 2.05) is 6.07 Å². The molecule has 1 aliphatic rings. The number of hydrogen-bond acceptors (Lipinski definition) is 6. The van der Waals surface area contributed by atoms with Crippen LogP contribution in [0, 0.1) is 6.20 Å². The standard InChI is InChI=1S/C18H15N4O3S/c23-26(24,22-10-8-14-11-19-13-21-17(14)12-22)16-6-4-15(5-7-16)25-18-3-1-2-9-20-18/h1-7,9,13H,8,10,12H2. The average molecular weight is 367 g/mol. The predicted octanol–water partition coefficient (Wildman–Crippen LogP) is 2.21. The smallest absolute Gasteiger partial charge is 0.243 e. The van der Waals surface area contributed by atoms with Crippen LogP contribution in [-0.2, 0) is 23.0 Å². The maximum atomic E-state index is 12.9. The van der Waals surface area contributed by atoms with Crippen LogP contribution in [0.3, 0.4) is 0 Å². The lowest BCUT2D eigenvalue weighted by atomic mass is 10.1. The first-order chi connectivity index (χ1) is 12.6. The molecule has 0 amide bonds. The molecule has 0 saturated carbocycles. The number of aromatic nitrogens is 3. The van der Waals surface area contributed by atoms with Crippen LogP contribution in [0.1, 0.15) is 11.3 Å². The molecule has 1 radical (unpaired) electrons. The summed E-state index contributed by atoms with van der Waals surface area (Å²) in [5, 5.41) is 0. The fourth-order valence-electron chi connectivity index (χ4n) is 2.73. The van der Waals surface area contributed by atoms with E-state index in [4.69, 9.17) is 4.74 Å². The third-order valence-corrected chi connectivity index (χ3v) is 5.94. The van der Waals surface area contributed by atoms with Gasteiger partial charge in [-0.2, -0.15) is 4.31 Å². The van der Waals surface area contributed by atoms with E-state index in [0.717, 1.165) is 5.56 Å². The number of rotatable bonds is 4. The van der Waals surface area contributed by atoms with Crippen molar-refractivity contribution in [2.45, 2.75) is 17.9 Å². The molecule has 7 nitrogen and oxygen atoms in total. The van der Waals surface area contributed by atoms with E-state index in [-0.39, 0.29) is 11.4 Å². The number of pyridine rings is 1. The van der Waals surface area contributed by atoms with Gasteiger partial charge in [-0.05, 0) is 36.8 Å². The molecule has 1 aliphatic heterocycles. The summed E-state index contributed by atoms with van der Waals surface area (Å²) in [6, 6.07) is 11.7. The molecule has 0 bridgehead atoms. The molecule has 0 unspecified atom stereocenters. The Labute approximate surface area is 151 Å². The van der Waals surface area contributed by atoms with Gasteiger partial charge in [-0.1, -0.05) is 6.07 Å². The molecule has 3 aromatic rings. The van der Waals surface area contributed by atoms with Gasteiger partial charge in [0.15, 0.2) is 0 Å². The summed E-state index contributed by atoms with van der Waals surface area (Å²) in [7, 11) is -3.61. The SMILES string of the molecule is O=S(=O)(c1ccc(Oc2ccccn2)cc1)N1CCc2[c]ncnc2C1. The van der Waals surface area contributed by atoms with Crippen LogP contribution in [0.5, 0.6) is 11.6 Å². The molecule has 1 aromatic carbocycles. The molecule has 8 heteroatoms. The van der Waals surface area contributed by atoms with E-state index >= 15 is 0 Å². The van der Waals surface area contributed by atoms with Crippen LogP contribution >= 0.6 is 0 Å². The van der Waals surface area contributed by atoms with Crippen molar-refractivity contribution in [2.24, 2.45) is 0 Å². The summed E-state index contributed by atoms with van der Waals surface area (Å²) in [5.74, 6) is 0.973. The van der Waals surface area contributed by atoms with E-state index in [0.29, 0.717) is 30.3 Å². The van der Waals surface area contributed by atoms with Gasteiger partial charge >= 0.3 is 0 Å². The molecule has 0 saturated heterocycles. The average Bonchev–Trinajstić information content (AvgIpc) is 2.69. The second kappa shape index (κ2) is 6.81. The van der Waals surface area contributed by atoms with Gasteiger partial charge in [0.1, 0.15) is 12.1 Å². The summed E-state index contributed by atoms with van der Waals surface area (Å²) >= 11 is 0. The molecule has 26 heavy (non-hydrogen) atoms. The Morgan fingerprint density at radius 3 is 2.69 bits per heavy atom. The molecule has 0 spiro atoms. The number of sulfonamides is 1. The maximum absolute atomic E-state index is 12.9. The summed E-state index contributed by atoms with van der Waals surface area (Å²) in [4.78, 5) is 12.3. The van der Waals surface area contributed by atoms with Crippen molar-refractivity contribution in [3.8, 4) is 11.6 Å². The third kappa shape index (κ3) is 3.29. The minimum atomic E-state index is -3.61. The Balaban J connectivity index is 1.53. The van der Waals surface area contributed by atoms with Crippen molar-refractivity contribution in [2.75, 3.05) is 6.54 Å². The molecule has 2 aromatic heterocycles. The van der Waals surface area contributed by atoms with Gasteiger partial charge in [-0.15, -0.1) is 0 Å². The van der Waals surface area contributed by atoms with Crippen molar-refractivity contribution in [1.82, 2.24) is 19.3 Å². The maximum Gasteiger partial charge on any atom is 0.243 e. The lowest BCUT2D eigenvalue weighted by molar-refractivity contribution is 0.384. The van der Waals surface area contributed by atoms with E-state index in [9.17, 15) is 8.42 Å². The second-order valence-electron chi connectivity index (χ2n) is 5.74. The Kier molecular flexibility index (Phi) is 4.36. The van der Waals surface area contributed by atoms with Crippen molar-refractivity contribution >= 4 is 10.0 Å². The van der Waals surface area contributed by atoms with Crippen LogP contribution in [0.4, 0.5) is 0 Å². The molecule has 0 atom stereocenters. The van der Waals surface area contributed by atoms with Gasteiger partial charge in [0, 0.05) is 24.4 Å². The molecule has 4 rings (SSSR count). The van der Waals surface area contributed by atoms with Crippen LogP contribution in [0.2, 0.25) is 0 Å². The zero-order valence-corrected chi connectivity index (χ0v) is 14.6. The van der Waals surface area contributed by atoms with E-state index in [2.05, 4.69) is 21.1 Å². The Morgan fingerprint density at radius 2 is 1.92 bits per heavy atom. The summed E-state index contributed by atoms with van der Waals surface area (Å²) in [5.41, 5.74) is 1.57. The summed E-state index contributed by atoms with van der Waals surface area (Å²) in [6.07, 6.45) is 6.44. The van der Waals surface area contributed by atoms with E-state index in [1.54, 1.807) is 30.5 Å². The number of benzene rings is 1. The number of hydrogen-bond donors (Lipinski definition) is 0. The Morgan fingerprint density at radius 1 is 1.08 bits per heavy atom. The normalized spacial score (nSPS) is 14.6. The van der Waals surface area contributed by atoms with Crippen molar-refractivity contribution in [3.05, 3.63) is 72.4 Å². The lowest BCUT2D eigenvalue weighted by Gasteiger charge is -2.26. The van der Waals surface area contributed by atoms with Gasteiger partial charge in [0.2, 0.25) is 15.9 Å². The van der Waals surface area contributed by atoms with Crippen LogP contribution in [0.25, 0.3) is 0 Å². The Hall–Kier alpha value is -2.84. The van der Waals surface area contributed by atoms with Gasteiger partial charge in [-0.25, -0.2) is 23.4 Å². The van der Waals surface area contributed by atoms with Gasteiger partial charge in [0.25, 0.3) is 0 Å². The van der Waals surface area contributed by atoms with Gasteiger partial charge in [0.05, 0.1) is 23.3 Å². The topological polar surface area (TPSA) is 85.3 Å². The van der Waals surface area contributed by atoms with Crippen molar-refractivity contribution in [3.63, 3.8) is 0 Å².